The van der Waals surface area contributed by atoms with E-state index in [9.17, 15) is 9.59 Å². The van der Waals surface area contributed by atoms with Crippen molar-refractivity contribution in [2.24, 2.45) is 5.92 Å². The smallest absolute Gasteiger partial charge is 0.253 e. The molecule has 2 N–H and O–H groups in total. The normalized spacial score (nSPS) is 21.1. The minimum Gasteiger partial charge on any atom is -0.496 e. The number of pyridine rings is 1. The molecule has 1 aliphatic carbocycles. The number of piperidine rings is 1. The van der Waals surface area contributed by atoms with Crippen molar-refractivity contribution in [2.45, 2.75) is 64.1 Å². The van der Waals surface area contributed by atoms with Gasteiger partial charge in [0.1, 0.15) is 11.6 Å². The molecule has 4 atom stereocenters. The number of methoxy groups -OCH3 is 1. The summed E-state index contributed by atoms with van der Waals surface area (Å²) < 4.78 is 5.40. The summed E-state index contributed by atoms with van der Waals surface area (Å²) in [5.41, 5.74) is 3.18. The number of hydrogen-bond acceptors (Lipinski definition) is 5. The minimum atomic E-state index is -0.113. The van der Waals surface area contributed by atoms with Gasteiger partial charge in [0, 0.05) is 36.0 Å². The van der Waals surface area contributed by atoms with Crippen LogP contribution in [0.4, 0.5) is 5.82 Å². The second-order valence-electron chi connectivity index (χ2n) is 10.7. The van der Waals surface area contributed by atoms with Crippen LogP contribution in [0.25, 0.3) is 0 Å². The van der Waals surface area contributed by atoms with Crippen LogP contribution in [-0.2, 0) is 0 Å². The predicted octanol–water partition coefficient (Wildman–Crippen LogP) is 5.46. The maximum atomic E-state index is 13.1. The molecule has 1 saturated heterocycles. The highest BCUT2D eigenvalue weighted by Crippen LogP contribution is 2.39. The zero-order valence-corrected chi connectivity index (χ0v) is 23.0. The van der Waals surface area contributed by atoms with Gasteiger partial charge < -0.3 is 20.3 Å². The van der Waals surface area contributed by atoms with Crippen molar-refractivity contribution >= 4 is 17.6 Å². The van der Waals surface area contributed by atoms with Crippen molar-refractivity contribution in [1.29, 1.82) is 0 Å². The summed E-state index contributed by atoms with van der Waals surface area (Å²) in [6, 6.07) is 19.9. The highest BCUT2D eigenvalue weighted by atomic mass is 16.5. The second kappa shape index (κ2) is 11.9. The molecule has 1 aliphatic heterocycles. The lowest BCUT2D eigenvalue weighted by molar-refractivity contribution is 0.0927. The molecule has 3 unspecified atom stereocenters. The molecule has 5 rings (SSSR count). The Balaban J connectivity index is 1.23. The van der Waals surface area contributed by atoms with Gasteiger partial charge in [0.15, 0.2) is 0 Å². The number of carbonyl (C=O) groups excluding carboxylic acids is 2. The van der Waals surface area contributed by atoms with Crippen LogP contribution in [0.3, 0.4) is 0 Å². The number of nitrogens with one attached hydrogen (secondary N) is 2. The molecule has 39 heavy (non-hydrogen) atoms. The molecular weight excluding hydrogens is 488 g/mol. The lowest BCUT2D eigenvalue weighted by Gasteiger charge is -2.38. The standard InChI is InChI=1S/C32H38N4O3/c1-4-27(22-10-6-5-7-11-22)35-31(37)24-15-16-30(33-20-24)36-17-9-12-23-18-25(19-28(23)36)34-32(38)26-13-8-14-29(39-3)21(26)2/h5-8,10-11,13-16,20,23,25,27-28H,4,9,12,17-19H2,1-3H3,(H,34,38)(H,35,37)/t23?,25?,27-,28?/m0/s1. The van der Waals surface area contributed by atoms with Crippen molar-refractivity contribution in [1.82, 2.24) is 15.6 Å². The van der Waals surface area contributed by atoms with E-state index in [1.165, 1.54) is 0 Å². The Morgan fingerprint density at radius 1 is 1.05 bits per heavy atom. The Morgan fingerprint density at radius 2 is 1.87 bits per heavy atom. The van der Waals surface area contributed by atoms with Gasteiger partial charge in [-0.3, -0.25) is 9.59 Å². The van der Waals surface area contributed by atoms with Gasteiger partial charge in [-0.2, -0.15) is 0 Å². The molecule has 1 saturated carbocycles. The third-order valence-electron chi connectivity index (χ3n) is 8.34. The van der Waals surface area contributed by atoms with E-state index in [0.717, 1.165) is 61.3 Å². The fourth-order valence-corrected chi connectivity index (χ4v) is 6.27. The van der Waals surface area contributed by atoms with E-state index in [2.05, 4.69) is 22.5 Å². The summed E-state index contributed by atoms with van der Waals surface area (Å²) in [6.45, 7) is 4.92. The minimum absolute atomic E-state index is 0.0346. The van der Waals surface area contributed by atoms with Crippen LogP contribution in [0.15, 0.2) is 66.9 Å². The quantitative estimate of drug-likeness (QED) is 0.407. The Morgan fingerprint density at radius 3 is 2.59 bits per heavy atom. The van der Waals surface area contributed by atoms with Crippen molar-refractivity contribution in [2.75, 3.05) is 18.6 Å². The number of carbonyl (C=O) groups is 2. The largest absolute Gasteiger partial charge is 0.496 e. The SMILES string of the molecule is CC[C@H](NC(=O)c1ccc(N2CCCC3CC(NC(=O)c4cccc(OC)c4C)CC32)nc1)c1ccccc1. The average Bonchev–Trinajstić information content (AvgIpc) is 3.39. The molecule has 0 bridgehead atoms. The number of benzene rings is 2. The lowest BCUT2D eigenvalue weighted by atomic mass is 9.92. The summed E-state index contributed by atoms with van der Waals surface area (Å²) in [7, 11) is 1.62. The highest BCUT2D eigenvalue weighted by molar-refractivity contribution is 5.96. The zero-order chi connectivity index (χ0) is 27.4. The third kappa shape index (κ3) is 5.77. The third-order valence-corrected chi connectivity index (χ3v) is 8.34. The van der Waals surface area contributed by atoms with Gasteiger partial charge in [-0.15, -0.1) is 0 Å². The Labute approximate surface area is 231 Å². The van der Waals surface area contributed by atoms with E-state index < -0.39 is 0 Å². The molecule has 204 valence electrons. The van der Waals surface area contributed by atoms with Crippen LogP contribution in [0, 0.1) is 12.8 Å². The molecule has 0 spiro atoms. The summed E-state index contributed by atoms with van der Waals surface area (Å²) >= 11 is 0. The number of aromatic nitrogens is 1. The van der Waals surface area contributed by atoms with Gasteiger partial charge in [0.05, 0.1) is 18.7 Å². The molecule has 2 heterocycles. The molecule has 2 fully saturated rings. The van der Waals surface area contributed by atoms with Gasteiger partial charge in [-0.25, -0.2) is 4.98 Å². The predicted molar refractivity (Wildman–Crippen MR) is 153 cm³/mol. The fourth-order valence-electron chi connectivity index (χ4n) is 6.27. The first kappa shape index (κ1) is 26.7. The number of hydrogen-bond donors (Lipinski definition) is 2. The Bertz CT molecular complexity index is 1290. The topological polar surface area (TPSA) is 83.6 Å². The Hall–Kier alpha value is -3.87. The first-order valence-electron chi connectivity index (χ1n) is 14.0. The van der Waals surface area contributed by atoms with Crippen LogP contribution >= 0.6 is 0 Å². The summed E-state index contributed by atoms with van der Waals surface area (Å²) in [5.74, 6) is 1.97. The molecular formula is C32H38N4O3. The number of anilines is 1. The van der Waals surface area contributed by atoms with Crippen LogP contribution in [0.1, 0.15) is 76.9 Å². The Kier molecular flexibility index (Phi) is 8.15. The van der Waals surface area contributed by atoms with Crippen LogP contribution in [0.5, 0.6) is 5.75 Å². The van der Waals surface area contributed by atoms with Gasteiger partial charge in [-0.1, -0.05) is 43.3 Å². The molecule has 0 radical (unpaired) electrons. The summed E-state index contributed by atoms with van der Waals surface area (Å²) in [4.78, 5) is 33.2. The average molecular weight is 527 g/mol. The van der Waals surface area contributed by atoms with E-state index in [0.29, 0.717) is 23.1 Å². The van der Waals surface area contributed by atoms with Crippen molar-refractivity contribution in [3.05, 3.63) is 89.1 Å². The molecule has 2 aliphatic rings. The maximum Gasteiger partial charge on any atom is 0.253 e. The van der Waals surface area contributed by atoms with Gasteiger partial charge in [0.25, 0.3) is 11.8 Å². The van der Waals surface area contributed by atoms with Gasteiger partial charge in [0.2, 0.25) is 0 Å². The number of nitrogens with zero attached hydrogens (tertiary/aromatic N) is 2. The van der Waals surface area contributed by atoms with Gasteiger partial charge >= 0.3 is 0 Å². The molecule has 2 aromatic carbocycles. The van der Waals surface area contributed by atoms with E-state index in [1.54, 1.807) is 13.3 Å². The molecule has 7 nitrogen and oxygen atoms in total. The molecule has 7 heteroatoms. The van der Waals surface area contributed by atoms with Gasteiger partial charge in [-0.05, 0) is 74.8 Å². The monoisotopic (exact) mass is 526 g/mol. The molecule has 2 amide bonds. The second-order valence-corrected chi connectivity index (χ2v) is 10.7. The first-order chi connectivity index (χ1) is 19.0. The number of fused-ring (bicyclic) bond motifs is 1. The van der Waals surface area contributed by atoms with E-state index in [4.69, 9.17) is 9.72 Å². The van der Waals surface area contributed by atoms with Crippen LogP contribution < -0.4 is 20.3 Å². The van der Waals surface area contributed by atoms with Crippen LogP contribution in [0.2, 0.25) is 0 Å². The number of ether oxygens (including phenoxy) is 1. The summed E-state index contributed by atoms with van der Waals surface area (Å²) in [5, 5.41) is 6.43. The summed E-state index contributed by atoms with van der Waals surface area (Å²) in [6.07, 6.45) is 6.60. The van der Waals surface area contributed by atoms with Crippen molar-refractivity contribution in [3.8, 4) is 5.75 Å². The van der Waals surface area contributed by atoms with E-state index in [-0.39, 0.29) is 23.9 Å². The lowest BCUT2D eigenvalue weighted by Crippen LogP contribution is -2.43. The first-order valence-corrected chi connectivity index (χ1v) is 14.0. The molecule has 1 aromatic heterocycles. The zero-order valence-electron chi connectivity index (χ0n) is 23.0. The number of amides is 2. The fraction of sp³-hybridized carbons (Fsp3) is 0.406. The maximum absolute atomic E-state index is 13.1. The highest BCUT2D eigenvalue weighted by Gasteiger charge is 2.41. The van der Waals surface area contributed by atoms with Crippen molar-refractivity contribution in [3.63, 3.8) is 0 Å². The van der Waals surface area contributed by atoms with Crippen molar-refractivity contribution < 1.29 is 14.3 Å². The molecule has 3 aromatic rings. The van der Waals surface area contributed by atoms with E-state index in [1.807, 2.05) is 67.6 Å². The van der Waals surface area contributed by atoms with Crippen LogP contribution in [-0.4, -0.2) is 42.5 Å². The van der Waals surface area contributed by atoms with E-state index >= 15 is 0 Å². The number of rotatable bonds is 8.